The lowest BCUT2D eigenvalue weighted by Gasteiger charge is -2.33. The summed E-state index contributed by atoms with van der Waals surface area (Å²) in [6.45, 7) is 1.96. The molecule has 4 N–H and O–H groups in total. The summed E-state index contributed by atoms with van der Waals surface area (Å²) in [6.07, 6.45) is 8.14. The molecule has 1 aliphatic rings. The standard InChI is InChI=1S/C12H25N3O/c13-12(14)7-4-8-15(9-10-16)11-5-2-1-3-6-11/h11,16H,1-10H2,(H3,13,14). The second kappa shape index (κ2) is 7.63. The Hall–Kier alpha value is -0.610. The summed E-state index contributed by atoms with van der Waals surface area (Å²) in [5, 5.41) is 16.3. The minimum Gasteiger partial charge on any atom is -0.395 e. The van der Waals surface area contributed by atoms with Crippen LogP contribution in [-0.2, 0) is 0 Å². The lowest BCUT2D eigenvalue weighted by Crippen LogP contribution is -2.39. The van der Waals surface area contributed by atoms with Crippen LogP contribution in [0, 0.1) is 5.41 Å². The highest BCUT2D eigenvalue weighted by atomic mass is 16.3. The molecule has 0 heterocycles. The van der Waals surface area contributed by atoms with E-state index >= 15 is 0 Å². The van der Waals surface area contributed by atoms with Crippen LogP contribution in [0.4, 0.5) is 0 Å². The van der Waals surface area contributed by atoms with Gasteiger partial charge in [0.2, 0.25) is 0 Å². The molecular weight excluding hydrogens is 202 g/mol. The number of hydrogen-bond donors (Lipinski definition) is 3. The number of nitrogens with one attached hydrogen (secondary N) is 1. The minimum atomic E-state index is 0.233. The maximum absolute atomic E-state index is 9.07. The quantitative estimate of drug-likeness (QED) is 0.454. The highest BCUT2D eigenvalue weighted by Crippen LogP contribution is 2.22. The third-order valence-corrected chi connectivity index (χ3v) is 3.37. The van der Waals surface area contributed by atoms with Gasteiger partial charge in [0.25, 0.3) is 0 Å². The molecule has 0 spiro atoms. The van der Waals surface area contributed by atoms with Gasteiger partial charge in [0.05, 0.1) is 12.4 Å². The Morgan fingerprint density at radius 3 is 2.50 bits per heavy atom. The van der Waals surface area contributed by atoms with E-state index in [4.69, 9.17) is 16.2 Å². The largest absolute Gasteiger partial charge is 0.395 e. The Morgan fingerprint density at radius 2 is 1.94 bits per heavy atom. The van der Waals surface area contributed by atoms with Gasteiger partial charge in [-0.1, -0.05) is 19.3 Å². The number of aliphatic hydroxyl groups is 1. The van der Waals surface area contributed by atoms with Crippen LogP contribution in [0.2, 0.25) is 0 Å². The number of nitrogens with two attached hydrogens (primary N) is 1. The summed E-state index contributed by atoms with van der Waals surface area (Å²) in [4.78, 5) is 2.38. The second-order valence-electron chi connectivity index (χ2n) is 4.68. The molecular formula is C12H25N3O. The van der Waals surface area contributed by atoms with E-state index in [1.165, 1.54) is 32.1 Å². The molecule has 0 aliphatic heterocycles. The minimum absolute atomic E-state index is 0.233. The van der Waals surface area contributed by atoms with Crippen LogP contribution in [0.5, 0.6) is 0 Å². The van der Waals surface area contributed by atoms with Crippen molar-refractivity contribution in [2.75, 3.05) is 19.7 Å². The topological polar surface area (TPSA) is 73.3 Å². The molecule has 1 fully saturated rings. The second-order valence-corrected chi connectivity index (χ2v) is 4.68. The zero-order valence-corrected chi connectivity index (χ0v) is 10.1. The Morgan fingerprint density at radius 1 is 1.25 bits per heavy atom. The summed E-state index contributed by atoms with van der Waals surface area (Å²) < 4.78 is 0. The number of hydrogen-bond acceptors (Lipinski definition) is 3. The maximum Gasteiger partial charge on any atom is 0.0905 e. The molecule has 16 heavy (non-hydrogen) atoms. The molecule has 94 valence electrons. The molecule has 0 saturated heterocycles. The van der Waals surface area contributed by atoms with Crippen molar-refractivity contribution < 1.29 is 5.11 Å². The Labute approximate surface area is 98.3 Å². The average Bonchev–Trinajstić information content (AvgIpc) is 2.29. The van der Waals surface area contributed by atoms with Crippen LogP contribution in [0.1, 0.15) is 44.9 Å². The zero-order chi connectivity index (χ0) is 11.8. The van der Waals surface area contributed by atoms with E-state index in [1.807, 2.05) is 0 Å². The first kappa shape index (κ1) is 13.5. The predicted molar refractivity (Wildman–Crippen MR) is 66.7 cm³/mol. The molecule has 0 aromatic carbocycles. The Balaban J connectivity index is 2.30. The first-order valence-corrected chi connectivity index (χ1v) is 6.42. The van der Waals surface area contributed by atoms with Gasteiger partial charge >= 0.3 is 0 Å². The monoisotopic (exact) mass is 227 g/mol. The van der Waals surface area contributed by atoms with E-state index in [0.29, 0.717) is 12.5 Å². The lowest BCUT2D eigenvalue weighted by atomic mass is 9.94. The van der Waals surface area contributed by atoms with Gasteiger partial charge in [-0.2, -0.15) is 0 Å². The fourth-order valence-corrected chi connectivity index (χ4v) is 2.52. The third kappa shape index (κ3) is 4.94. The van der Waals surface area contributed by atoms with Crippen LogP contribution in [-0.4, -0.2) is 41.6 Å². The molecule has 0 aromatic heterocycles. The Kier molecular flexibility index (Phi) is 6.42. The highest BCUT2D eigenvalue weighted by molar-refractivity contribution is 5.76. The van der Waals surface area contributed by atoms with Gasteiger partial charge in [-0.25, -0.2) is 0 Å². The van der Waals surface area contributed by atoms with E-state index in [1.54, 1.807) is 0 Å². The molecule has 4 nitrogen and oxygen atoms in total. The zero-order valence-electron chi connectivity index (χ0n) is 10.1. The smallest absolute Gasteiger partial charge is 0.0905 e. The number of aliphatic hydroxyl groups excluding tert-OH is 1. The fourth-order valence-electron chi connectivity index (χ4n) is 2.52. The van der Waals surface area contributed by atoms with Crippen LogP contribution < -0.4 is 5.73 Å². The molecule has 0 amide bonds. The van der Waals surface area contributed by atoms with Crippen molar-refractivity contribution in [3.63, 3.8) is 0 Å². The van der Waals surface area contributed by atoms with Crippen LogP contribution in [0.3, 0.4) is 0 Å². The molecule has 0 radical (unpaired) electrons. The molecule has 0 atom stereocenters. The van der Waals surface area contributed by atoms with Gasteiger partial charge in [-0.3, -0.25) is 10.3 Å². The van der Waals surface area contributed by atoms with Gasteiger partial charge in [-0.15, -0.1) is 0 Å². The summed E-state index contributed by atoms with van der Waals surface area (Å²) in [7, 11) is 0. The molecule has 1 aliphatic carbocycles. The van der Waals surface area contributed by atoms with Crippen molar-refractivity contribution >= 4 is 5.84 Å². The van der Waals surface area contributed by atoms with Crippen LogP contribution in [0.15, 0.2) is 0 Å². The van der Waals surface area contributed by atoms with E-state index in [0.717, 1.165) is 19.5 Å². The van der Waals surface area contributed by atoms with E-state index in [-0.39, 0.29) is 12.4 Å². The maximum atomic E-state index is 9.07. The normalized spacial score (nSPS) is 17.9. The van der Waals surface area contributed by atoms with Crippen molar-refractivity contribution in [3.05, 3.63) is 0 Å². The van der Waals surface area contributed by atoms with Crippen molar-refractivity contribution in [1.29, 1.82) is 5.41 Å². The van der Waals surface area contributed by atoms with Crippen LogP contribution >= 0.6 is 0 Å². The summed E-state index contributed by atoms with van der Waals surface area (Å²) in [5.74, 6) is 0.271. The molecule has 0 aromatic rings. The summed E-state index contributed by atoms with van der Waals surface area (Å²) in [5.41, 5.74) is 5.35. The summed E-state index contributed by atoms with van der Waals surface area (Å²) >= 11 is 0. The first-order valence-electron chi connectivity index (χ1n) is 6.42. The van der Waals surface area contributed by atoms with E-state index in [2.05, 4.69) is 4.90 Å². The van der Waals surface area contributed by atoms with E-state index in [9.17, 15) is 0 Å². The SMILES string of the molecule is N=C(N)CCCN(CCO)C1CCCCC1. The van der Waals surface area contributed by atoms with Crippen molar-refractivity contribution in [2.24, 2.45) is 5.73 Å². The predicted octanol–water partition coefficient (Wildman–Crippen LogP) is 1.33. The molecule has 4 heteroatoms. The lowest BCUT2D eigenvalue weighted by molar-refractivity contribution is 0.123. The number of nitrogens with zero attached hydrogens (tertiary/aromatic N) is 1. The average molecular weight is 227 g/mol. The highest BCUT2D eigenvalue weighted by Gasteiger charge is 2.19. The van der Waals surface area contributed by atoms with Crippen molar-refractivity contribution in [1.82, 2.24) is 4.90 Å². The van der Waals surface area contributed by atoms with Crippen molar-refractivity contribution in [2.45, 2.75) is 51.0 Å². The van der Waals surface area contributed by atoms with Gasteiger partial charge in [0.15, 0.2) is 0 Å². The Bertz CT molecular complexity index is 202. The van der Waals surface area contributed by atoms with Gasteiger partial charge in [-0.05, 0) is 25.8 Å². The van der Waals surface area contributed by atoms with Gasteiger partial charge in [0, 0.05) is 19.0 Å². The summed E-state index contributed by atoms with van der Waals surface area (Å²) in [6, 6.07) is 0.646. The molecule has 1 saturated carbocycles. The van der Waals surface area contributed by atoms with Crippen molar-refractivity contribution in [3.8, 4) is 0 Å². The number of amidine groups is 1. The molecule has 0 bridgehead atoms. The van der Waals surface area contributed by atoms with Gasteiger partial charge in [0.1, 0.15) is 0 Å². The fraction of sp³-hybridized carbons (Fsp3) is 0.917. The number of rotatable bonds is 7. The molecule has 0 unspecified atom stereocenters. The molecule has 1 rings (SSSR count). The van der Waals surface area contributed by atoms with Gasteiger partial charge < -0.3 is 10.8 Å². The van der Waals surface area contributed by atoms with Crippen LogP contribution in [0.25, 0.3) is 0 Å². The van der Waals surface area contributed by atoms with E-state index < -0.39 is 0 Å². The first-order chi connectivity index (χ1) is 7.74. The third-order valence-electron chi connectivity index (χ3n) is 3.37.